The third-order valence-corrected chi connectivity index (χ3v) is 2.30. The van der Waals surface area contributed by atoms with Gasteiger partial charge in [0.05, 0.1) is 23.7 Å². The lowest BCUT2D eigenvalue weighted by atomic mass is 10.1. The zero-order valence-electron chi connectivity index (χ0n) is 9.40. The lowest BCUT2D eigenvalue weighted by Crippen LogP contribution is -2.09. The van der Waals surface area contributed by atoms with Gasteiger partial charge in [0.15, 0.2) is 5.82 Å². The first-order chi connectivity index (χ1) is 9.00. The topological polar surface area (TPSA) is 74.7 Å². The van der Waals surface area contributed by atoms with Crippen LogP contribution in [0.25, 0.3) is 0 Å². The second kappa shape index (κ2) is 4.97. The van der Waals surface area contributed by atoms with Crippen LogP contribution in [0.3, 0.4) is 0 Å². The Bertz CT molecular complexity index is 601. The van der Waals surface area contributed by atoms with E-state index in [-0.39, 0.29) is 6.54 Å². The number of nitriles is 1. The SMILES string of the molecule is N#Cc1cc(NCc2ncon2)ccc1C(F)(F)F. The van der Waals surface area contributed by atoms with Gasteiger partial charge in [-0.25, -0.2) is 0 Å². The number of hydrogen-bond acceptors (Lipinski definition) is 5. The molecule has 1 heterocycles. The number of aromatic nitrogens is 2. The van der Waals surface area contributed by atoms with Crippen molar-refractivity contribution in [3.05, 3.63) is 41.5 Å². The van der Waals surface area contributed by atoms with Gasteiger partial charge in [-0.15, -0.1) is 0 Å². The van der Waals surface area contributed by atoms with Crippen molar-refractivity contribution in [3.63, 3.8) is 0 Å². The van der Waals surface area contributed by atoms with Crippen LogP contribution in [0.5, 0.6) is 0 Å². The first-order valence-corrected chi connectivity index (χ1v) is 5.11. The maximum absolute atomic E-state index is 12.6. The molecule has 0 spiro atoms. The Morgan fingerprint density at radius 2 is 2.16 bits per heavy atom. The Labute approximate surface area is 105 Å². The summed E-state index contributed by atoms with van der Waals surface area (Å²) in [6, 6.07) is 4.75. The minimum absolute atomic E-state index is 0.187. The predicted molar refractivity (Wildman–Crippen MR) is 57.8 cm³/mol. The Balaban J connectivity index is 2.18. The standard InChI is InChI=1S/C11H7F3N4O/c12-11(13,14)9-2-1-8(3-7(9)4-15)16-5-10-17-6-19-18-10/h1-3,6,16H,5H2. The Morgan fingerprint density at radius 1 is 1.37 bits per heavy atom. The van der Waals surface area contributed by atoms with Gasteiger partial charge >= 0.3 is 6.18 Å². The summed E-state index contributed by atoms with van der Waals surface area (Å²) in [5, 5.41) is 15.1. The van der Waals surface area contributed by atoms with Crippen molar-refractivity contribution in [2.75, 3.05) is 5.32 Å². The first kappa shape index (κ1) is 12.9. The summed E-state index contributed by atoms with van der Waals surface area (Å²) in [6.07, 6.45) is -3.40. The summed E-state index contributed by atoms with van der Waals surface area (Å²) in [5.74, 6) is 0.360. The summed E-state index contributed by atoms with van der Waals surface area (Å²) in [6.45, 7) is 0.187. The van der Waals surface area contributed by atoms with Crippen molar-refractivity contribution in [2.45, 2.75) is 12.7 Å². The predicted octanol–water partition coefficient (Wildman–Crippen LogP) is 2.57. The molecular weight excluding hydrogens is 261 g/mol. The highest BCUT2D eigenvalue weighted by molar-refractivity contribution is 5.53. The molecule has 0 amide bonds. The van der Waals surface area contributed by atoms with E-state index in [1.807, 2.05) is 0 Å². The van der Waals surface area contributed by atoms with Gasteiger partial charge in [0.1, 0.15) is 0 Å². The van der Waals surface area contributed by atoms with Gasteiger partial charge in [-0.05, 0) is 18.2 Å². The smallest absolute Gasteiger partial charge is 0.378 e. The quantitative estimate of drug-likeness (QED) is 0.925. The van der Waals surface area contributed by atoms with Crippen LogP contribution in [0.2, 0.25) is 0 Å². The van der Waals surface area contributed by atoms with Gasteiger partial charge in [0.2, 0.25) is 6.39 Å². The van der Waals surface area contributed by atoms with Crippen molar-refractivity contribution < 1.29 is 17.7 Å². The molecule has 0 fully saturated rings. The molecule has 19 heavy (non-hydrogen) atoms. The second-order valence-electron chi connectivity index (χ2n) is 3.57. The summed E-state index contributed by atoms with van der Waals surface area (Å²) in [5.41, 5.74) is -1.03. The van der Waals surface area contributed by atoms with Crippen LogP contribution < -0.4 is 5.32 Å². The van der Waals surface area contributed by atoms with E-state index in [1.165, 1.54) is 12.1 Å². The highest BCUT2D eigenvalue weighted by atomic mass is 19.4. The molecule has 0 aliphatic carbocycles. The van der Waals surface area contributed by atoms with Crippen LogP contribution in [0.4, 0.5) is 18.9 Å². The van der Waals surface area contributed by atoms with E-state index >= 15 is 0 Å². The minimum atomic E-state index is -4.54. The number of rotatable bonds is 3. The van der Waals surface area contributed by atoms with Crippen LogP contribution >= 0.6 is 0 Å². The van der Waals surface area contributed by atoms with E-state index in [0.29, 0.717) is 11.5 Å². The fraction of sp³-hybridized carbons (Fsp3) is 0.182. The first-order valence-electron chi connectivity index (χ1n) is 5.11. The van der Waals surface area contributed by atoms with E-state index < -0.39 is 17.3 Å². The van der Waals surface area contributed by atoms with Crippen LogP contribution in [-0.4, -0.2) is 10.1 Å². The average molecular weight is 268 g/mol. The molecule has 0 atom stereocenters. The number of anilines is 1. The second-order valence-corrected chi connectivity index (χ2v) is 3.57. The highest BCUT2D eigenvalue weighted by Gasteiger charge is 2.33. The Morgan fingerprint density at radius 3 is 2.74 bits per heavy atom. The van der Waals surface area contributed by atoms with Gasteiger partial charge < -0.3 is 9.84 Å². The van der Waals surface area contributed by atoms with Gasteiger partial charge in [0.25, 0.3) is 0 Å². The monoisotopic (exact) mass is 268 g/mol. The molecule has 5 nitrogen and oxygen atoms in total. The van der Waals surface area contributed by atoms with Crippen molar-refractivity contribution in [1.82, 2.24) is 10.1 Å². The lowest BCUT2D eigenvalue weighted by Gasteiger charge is -2.10. The number of hydrogen-bond donors (Lipinski definition) is 1. The van der Waals surface area contributed by atoms with E-state index in [2.05, 4.69) is 20.0 Å². The van der Waals surface area contributed by atoms with Crippen molar-refractivity contribution >= 4 is 5.69 Å². The molecule has 0 saturated heterocycles. The zero-order valence-corrected chi connectivity index (χ0v) is 9.40. The van der Waals surface area contributed by atoms with Gasteiger partial charge in [0, 0.05) is 5.69 Å². The third-order valence-electron chi connectivity index (χ3n) is 2.30. The molecule has 1 aromatic carbocycles. The number of halogens is 3. The van der Waals surface area contributed by atoms with Gasteiger partial charge in [-0.3, -0.25) is 0 Å². The summed E-state index contributed by atoms with van der Waals surface area (Å²) >= 11 is 0. The summed E-state index contributed by atoms with van der Waals surface area (Å²) < 4.78 is 42.2. The minimum Gasteiger partial charge on any atom is -0.378 e. The molecule has 1 N–H and O–H groups in total. The number of benzene rings is 1. The van der Waals surface area contributed by atoms with E-state index in [0.717, 1.165) is 18.5 Å². The molecule has 98 valence electrons. The molecule has 0 aliphatic heterocycles. The lowest BCUT2D eigenvalue weighted by molar-refractivity contribution is -0.137. The molecule has 2 rings (SSSR count). The molecule has 0 radical (unpaired) electrons. The highest BCUT2D eigenvalue weighted by Crippen LogP contribution is 2.32. The average Bonchev–Trinajstić information content (AvgIpc) is 2.88. The maximum atomic E-state index is 12.6. The molecule has 0 bridgehead atoms. The summed E-state index contributed by atoms with van der Waals surface area (Å²) in [4.78, 5) is 3.75. The van der Waals surface area contributed by atoms with Crippen molar-refractivity contribution in [2.24, 2.45) is 0 Å². The Kier molecular flexibility index (Phi) is 3.37. The van der Waals surface area contributed by atoms with E-state index in [1.54, 1.807) is 0 Å². The van der Waals surface area contributed by atoms with Crippen molar-refractivity contribution in [3.8, 4) is 6.07 Å². The zero-order chi connectivity index (χ0) is 13.9. The number of nitrogens with one attached hydrogen (secondary N) is 1. The normalized spacial score (nSPS) is 11.1. The van der Waals surface area contributed by atoms with Crippen LogP contribution in [0, 0.1) is 11.3 Å². The fourth-order valence-electron chi connectivity index (χ4n) is 1.45. The van der Waals surface area contributed by atoms with Gasteiger partial charge in [-0.2, -0.15) is 23.4 Å². The molecule has 2 aromatic rings. The fourth-order valence-corrected chi connectivity index (χ4v) is 1.45. The number of alkyl halides is 3. The van der Waals surface area contributed by atoms with Gasteiger partial charge in [-0.1, -0.05) is 5.16 Å². The van der Waals surface area contributed by atoms with Crippen LogP contribution in [0.1, 0.15) is 17.0 Å². The molecule has 0 aliphatic rings. The molecule has 1 aromatic heterocycles. The Hall–Kier alpha value is -2.56. The molecule has 0 unspecified atom stereocenters. The van der Waals surface area contributed by atoms with Crippen LogP contribution in [0.15, 0.2) is 29.1 Å². The molecule has 8 heteroatoms. The molecule has 0 saturated carbocycles. The van der Waals surface area contributed by atoms with Crippen molar-refractivity contribution in [1.29, 1.82) is 5.26 Å². The summed E-state index contributed by atoms with van der Waals surface area (Å²) in [7, 11) is 0. The van der Waals surface area contributed by atoms with E-state index in [9.17, 15) is 13.2 Å². The van der Waals surface area contributed by atoms with E-state index in [4.69, 9.17) is 5.26 Å². The third kappa shape index (κ3) is 3.01. The molecular formula is C11H7F3N4O. The largest absolute Gasteiger partial charge is 0.417 e. The van der Waals surface area contributed by atoms with Crippen LogP contribution in [-0.2, 0) is 12.7 Å². The maximum Gasteiger partial charge on any atom is 0.417 e. The number of nitrogens with zero attached hydrogens (tertiary/aromatic N) is 3.